The third-order valence-corrected chi connectivity index (χ3v) is 3.10. The fourth-order valence-electron chi connectivity index (χ4n) is 1.74. The Morgan fingerprint density at radius 2 is 2.27 bits per heavy atom. The highest BCUT2D eigenvalue weighted by molar-refractivity contribution is 6.30. The number of halogens is 1. The number of pyridine rings is 1. The third-order valence-electron chi connectivity index (χ3n) is 2.87. The van der Waals surface area contributed by atoms with Crippen LogP contribution in [0.4, 0.5) is 10.6 Å². The van der Waals surface area contributed by atoms with Crippen LogP contribution in [0.2, 0.25) is 5.02 Å². The van der Waals surface area contributed by atoms with E-state index in [0.29, 0.717) is 29.9 Å². The number of hydrogen-bond donors (Lipinski definition) is 2. The molecule has 0 aliphatic heterocycles. The molecule has 0 saturated heterocycles. The van der Waals surface area contributed by atoms with Gasteiger partial charge in [0.25, 0.3) is 0 Å². The summed E-state index contributed by atoms with van der Waals surface area (Å²) in [4.78, 5) is 15.8. The first-order valence-electron chi connectivity index (χ1n) is 6.90. The Kier molecular flexibility index (Phi) is 5.60. The van der Waals surface area contributed by atoms with E-state index in [9.17, 15) is 4.79 Å². The molecule has 2 N–H and O–H groups in total. The van der Waals surface area contributed by atoms with E-state index in [4.69, 9.17) is 16.3 Å². The van der Waals surface area contributed by atoms with Crippen LogP contribution in [0.15, 0.2) is 24.4 Å². The zero-order valence-electron chi connectivity index (χ0n) is 12.5. The van der Waals surface area contributed by atoms with Crippen molar-refractivity contribution in [1.29, 1.82) is 0 Å². The van der Waals surface area contributed by atoms with E-state index < -0.39 is 0 Å². The van der Waals surface area contributed by atoms with Crippen molar-refractivity contribution in [2.24, 2.45) is 7.05 Å². The van der Waals surface area contributed by atoms with Gasteiger partial charge in [-0.2, -0.15) is 5.10 Å². The third kappa shape index (κ3) is 4.63. The van der Waals surface area contributed by atoms with Crippen molar-refractivity contribution < 1.29 is 9.53 Å². The zero-order valence-corrected chi connectivity index (χ0v) is 13.2. The number of rotatable bonds is 6. The van der Waals surface area contributed by atoms with E-state index >= 15 is 0 Å². The van der Waals surface area contributed by atoms with Gasteiger partial charge in [0.1, 0.15) is 12.4 Å². The predicted molar refractivity (Wildman–Crippen MR) is 84.3 cm³/mol. The normalized spacial score (nSPS) is 10.3. The summed E-state index contributed by atoms with van der Waals surface area (Å²) >= 11 is 5.73. The molecule has 22 heavy (non-hydrogen) atoms. The first-order chi connectivity index (χ1) is 10.6. The molecule has 8 heteroatoms. The Balaban J connectivity index is 1.71. The van der Waals surface area contributed by atoms with E-state index in [1.807, 2.05) is 13.0 Å². The lowest BCUT2D eigenvalue weighted by Gasteiger charge is -2.08. The quantitative estimate of drug-likeness (QED) is 0.799. The van der Waals surface area contributed by atoms with Crippen LogP contribution in [0.3, 0.4) is 0 Å². The lowest BCUT2D eigenvalue weighted by Crippen LogP contribution is -2.32. The van der Waals surface area contributed by atoms with Crippen molar-refractivity contribution >= 4 is 23.4 Å². The van der Waals surface area contributed by atoms with Crippen LogP contribution >= 0.6 is 11.6 Å². The molecule has 118 valence electrons. The molecule has 0 aromatic carbocycles. The summed E-state index contributed by atoms with van der Waals surface area (Å²) in [7, 11) is 1.78. The number of urea groups is 1. The summed E-state index contributed by atoms with van der Waals surface area (Å²) in [6, 6.07) is 4.90. The smallest absolute Gasteiger partial charge is 0.320 e. The van der Waals surface area contributed by atoms with Crippen molar-refractivity contribution in [2.45, 2.75) is 13.3 Å². The van der Waals surface area contributed by atoms with Crippen molar-refractivity contribution in [1.82, 2.24) is 20.1 Å². The first kappa shape index (κ1) is 16.1. The number of ether oxygens (including phenoxy) is 1. The molecule has 2 amide bonds. The molecule has 0 aliphatic carbocycles. The number of carbonyl (C=O) groups is 1. The number of aryl methyl sites for hydroxylation is 2. The monoisotopic (exact) mass is 323 g/mol. The second kappa shape index (κ2) is 7.65. The number of anilines is 1. The molecular formula is C14H18ClN5O2. The first-order valence-corrected chi connectivity index (χ1v) is 7.28. The number of carbonyl (C=O) groups excluding carboxylic acids is 1. The number of aromatic nitrogens is 3. The molecular weight excluding hydrogens is 306 g/mol. The molecule has 0 unspecified atom stereocenters. The van der Waals surface area contributed by atoms with Crippen LogP contribution in [-0.2, 0) is 13.5 Å². The molecule has 7 nitrogen and oxygen atoms in total. The maximum absolute atomic E-state index is 11.8. The predicted octanol–water partition coefficient (Wildman–Crippen LogP) is 2.23. The summed E-state index contributed by atoms with van der Waals surface area (Å²) in [5, 5.41) is 10.2. The highest BCUT2D eigenvalue weighted by Gasteiger charge is 2.07. The minimum absolute atomic E-state index is 0.307. The summed E-state index contributed by atoms with van der Waals surface area (Å²) in [6.07, 6.45) is 2.32. The van der Waals surface area contributed by atoms with Gasteiger partial charge < -0.3 is 10.1 Å². The molecule has 0 saturated carbocycles. The molecule has 2 aromatic heterocycles. The van der Waals surface area contributed by atoms with E-state index in [1.165, 1.54) is 6.20 Å². The van der Waals surface area contributed by atoms with E-state index in [1.54, 1.807) is 23.9 Å². The van der Waals surface area contributed by atoms with Gasteiger partial charge in [-0.3, -0.25) is 10.00 Å². The zero-order chi connectivity index (χ0) is 15.9. The minimum Gasteiger partial charge on any atom is -0.476 e. The Morgan fingerprint density at radius 3 is 2.91 bits per heavy atom. The van der Waals surface area contributed by atoms with Gasteiger partial charge in [0.2, 0.25) is 5.88 Å². The summed E-state index contributed by atoms with van der Waals surface area (Å²) < 4.78 is 7.01. The van der Waals surface area contributed by atoms with Gasteiger partial charge in [-0.25, -0.2) is 9.78 Å². The molecule has 0 aliphatic rings. The lowest BCUT2D eigenvalue weighted by molar-refractivity contribution is 0.246. The lowest BCUT2D eigenvalue weighted by atomic mass is 10.3. The fraction of sp³-hybridized carbons (Fsp3) is 0.357. The highest BCUT2D eigenvalue weighted by atomic mass is 35.5. The molecule has 2 aromatic rings. The van der Waals surface area contributed by atoms with Crippen molar-refractivity contribution in [2.75, 3.05) is 18.5 Å². The van der Waals surface area contributed by atoms with Crippen LogP contribution in [0, 0.1) is 0 Å². The van der Waals surface area contributed by atoms with Crippen LogP contribution in [0.1, 0.15) is 12.6 Å². The van der Waals surface area contributed by atoms with E-state index in [-0.39, 0.29) is 6.03 Å². The van der Waals surface area contributed by atoms with Crippen LogP contribution in [0.5, 0.6) is 5.88 Å². The fourth-order valence-corrected chi connectivity index (χ4v) is 1.86. The Morgan fingerprint density at radius 1 is 1.45 bits per heavy atom. The molecule has 0 radical (unpaired) electrons. The van der Waals surface area contributed by atoms with Crippen LogP contribution in [0.25, 0.3) is 0 Å². The Labute approximate surface area is 133 Å². The molecule has 2 heterocycles. The van der Waals surface area contributed by atoms with Crippen LogP contribution in [-0.4, -0.2) is 33.9 Å². The van der Waals surface area contributed by atoms with Gasteiger partial charge in [0, 0.05) is 25.4 Å². The van der Waals surface area contributed by atoms with E-state index in [2.05, 4.69) is 20.7 Å². The molecule has 0 atom stereocenters. The molecule has 0 bridgehead atoms. The van der Waals surface area contributed by atoms with E-state index in [0.717, 1.165) is 12.1 Å². The number of amides is 2. The number of hydrogen-bond acceptors (Lipinski definition) is 4. The van der Waals surface area contributed by atoms with Crippen molar-refractivity contribution in [3.05, 3.63) is 35.1 Å². The summed E-state index contributed by atoms with van der Waals surface area (Å²) in [5.41, 5.74) is 0.926. The van der Waals surface area contributed by atoms with Gasteiger partial charge in [-0.1, -0.05) is 18.5 Å². The second-order valence-electron chi connectivity index (χ2n) is 4.54. The maximum atomic E-state index is 11.8. The van der Waals surface area contributed by atoms with Crippen molar-refractivity contribution in [3.63, 3.8) is 0 Å². The molecule has 0 spiro atoms. The van der Waals surface area contributed by atoms with Crippen molar-refractivity contribution in [3.8, 4) is 5.88 Å². The summed E-state index contributed by atoms with van der Waals surface area (Å²) in [5.74, 6) is 1.11. The van der Waals surface area contributed by atoms with Gasteiger partial charge in [-0.15, -0.1) is 0 Å². The number of nitrogens with zero attached hydrogens (tertiary/aromatic N) is 3. The highest BCUT2D eigenvalue weighted by Crippen LogP contribution is 2.11. The molecule has 2 rings (SSSR count). The standard InChI is InChI=1S/C14H18ClN5O2/c1-3-11-8-12(20(2)19-11)18-14(21)16-6-7-22-13-5-4-10(15)9-17-13/h4-5,8-9H,3,6-7H2,1-2H3,(H2,16,18,21). The van der Waals surface area contributed by atoms with Gasteiger partial charge in [-0.05, 0) is 12.5 Å². The largest absolute Gasteiger partial charge is 0.476 e. The molecule has 0 fully saturated rings. The maximum Gasteiger partial charge on any atom is 0.320 e. The Bertz CT molecular complexity index is 627. The van der Waals surface area contributed by atoms with Gasteiger partial charge in [0.15, 0.2) is 0 Å². The average Bonchev–Trinajstić information content (AvgIpc) is 2.86. The SMILES string of the molecule is CCc1cc(NC(=O)NCCOc2ccc(Cl)cn2)n(C)n1. The summed E-state index contributed by atoms with van der Waals surface area (Å²) in [6.45, 7) is 2.68. The van der Waals surface area contributed by atoms with Gasteiger partial charge >= 0.3 is 6.03 Å². The second-order valence-corrected chi connectivity index (χ2v) is 4.98. The Hall–Kier alpha value is -2.28. The average molecular weight is 324 g/mol. The number of nitrogens with one attached hydrogen (secondary N) is 2. The minimum atomic E-state index is -0.307. The topological polar surface area (TPSA) is 81.1 Å². The van der Waals surface area contributed by atoms with Gasteiger partial charge in [0.05, 0.1) is 17.3 Å². The van der Waals surface area contributed by atoms with Crippen LogP contribution < -0.4 is 15.4 Å².